The molecular weight excluding hydrogens is 282 g/mol. The van der Waals surface area contributed by atoms with Gasteiger partial charge in [0.25, 0.3) is 5.91 Å². The number of nitrogens with one attached hydrogen (secondary N) is 1. The Hall–Kier alpha value is -2.82. The Balaban J connectivity index is 1.79. The largest absolute Gasteiger partial charge is 0.472 e. The zero-order valence-corrected chi connectivity index (χ0v) is 12.0. The van der Waals surface area contributed by atoms with E-state index in [0.717, 1.165) is 10.9 Å². The van der Waals surface area contributed by atoms with Gasteiger partial charge in [-0.05, 0) is 37.1 Å². The predicted octanol–water partition coefficient (Wildman–Crippen LogP) is 2.75. The van der Waals surface area contributed by atoms with Gasteiger partial charge in [-0.25, -0.2) is 4.79 Å². The second-order valence-electron chi connectivity index (χ2n) is 5.20. The lowest BCUT2D eigenvalue weighted by molar-refractivity contribution is 0.0936. The summed E-state index contributed by atoms with van der Waals surface area (Å²) >= 11 is 0. The highest BCUT2D eigenvalue weighted by Crippen LogP contribution is 2.13. The number of para-hydroxylation sites is 1. The molecule has 2 heterocycles. The van der Waals surface area contributed by atoms with Gasteiger partial charge in [-0.2, -0.15) is 0 Å². The fraction of sp³-hybridized carbons (Fsp3) is 0.176. The highest BCUT2D eigenvalue weighted by atomic mass is 16.4. The van der Waals surface area contributed by atoms with Crippen LogP contribution in [0.5, 0.6) is 0 Å². The zero-order chi connectivity index (χ0) is 15.5. The SMILES string of the molecule is CC(Cc1ccoc1)NC(=O)c1cc2ccccc2oc1=O. The lowest BCUT2D eigenvalue weighted by Crippen LogP contribution is -2.36. The lowest BCUT2D eigenvalue weighted by Gasteiger charge is -2.12. The van der Waals surface area contributed by atoms with Gasteiger partial charge >= 0.3 is 5.63 Å². The monoisotopic (exact) mass is 297 g/mol. The normalized spacial score (nSPS) is 12.2. The zero-order valence-electron chi connectivity index (χ0n) is 12.0. The summed E-state index contributed by atoms with van der Waals surface area (Å²) in [5.41, 5.74) is 0.832. The van der Waals surface area contributed by atoms with Crippen molar-refractivity contribution >= 4 is 16.9 Å². The third-order valence-corrected chi connectivity index (χ3v) is 3.39. The van der Waals surface area contributed by atoms with Gasteiger partial charge < -0.3 is 14.2 Å². The highest BCUT2D eigenvalue weighted by molar-refractivity contribution is 5.96. The summed E-state index contributed by atoms with van der Waals surface area (Å²) in [5, 5.41) is 3.52. The van der Waals surface area contributed by atoms with E-state index in [1.54, 1.807) is 36.8 Å². The topological polar surface area (TPSA) is 72.5 Å². The first kappa shape index (κ1) is 14.1. The Bertz CT molecular complexity index is 848. The number of furan rings is 1. The molecule has 0 spiro atoms. The molecule has 0 aliphatic heterocycles. The van der Waals surface area contributed by atoms with Crippen LogP contribution < -0.4 is 10.9 Å². The minimum atomic E-state index is -0.633. The molecule has 0 aliphatic rings. The molecule has 1 unspecified atom stereocenters. The fourth-order valence-electron chi connectivity index (χ4n) is 2.34. The number of hydrogen-bond donors (Lipinski definition) is 1. The molecule has 1 amide bonds. The number of benzene rings is 1. The van der Waals surface area contributed by atoms with Crippen LogP contribution in [0, 0.1) is 0 Å². The smallest absolute Gasteiger partial charge is 0.349 e. The molecule has 0 saturated carbocycles. The molecule has 1 atom stereocenters. The maximum Gasteiger partial charge on any atom is 0.349 e. The van der Waals surface area contributed by atoms with E-state index in [2.05, 4.69) is 5.32 Å². The Labute approximate surface area is 126 Å². The number of carbonyl (C=O) groups excluding carboxylic acids is 1. The highest BCUT2D eigenvalue weighted by Gasteiger charge is 2.16. The van der Waals surface area contributed by atoms with Crippen LogP contribution in [-0.4, -0.2) is 11.9 Å². The number of rotatable bonds is 4. The standard InChI is InChI=1S/C17H15NO4/c1-11(8-12-6-7-21-10-12)18-16(19)14-9-13-4-2-3-5-15(13)22-17(14)20/h2-7,9-11H,8H2,1H3,(H,18,19). The first-order valence-electron chi connectivity index (χ1n) is 6.98. The van der Waals surface area contributed by atoms with Crippen LogP contribution in [0.1, 0.15) is 22.8 Å². The molecule has 2 aromatic heterocycles. The summed E-state index contributed by atoms with van der Waals surface area (Å²) in [6, 6.07) is 10.4. The molecule has 3 aromatic rings. The van der Waals surface area contributed by atoms with Crippen molar-refractivity contribution in [1.29, 1.82) is 0 Å². The maximum absolute atomic E-state index is 12.3. The number of fused-ring (bicyclic) bond motifs is 1. The molecule has 0 aliphatic carbocycles. The van der Waals surface area contributed by atoms with E-state index < -0.39 is 11.5 Å². The third-order valence-electron chi connectivity index (χ3n) is 3.39. The van der Waals surface area contributed by atoms with E-state index in [9.17, 15) is 9.59 Å². The van der Waals surface area contributed by atoms with Crippen molar-refractivity contribution in [3.8, 4) is 0 Å². The van der Waals surface area contributed by atoms with Crippen LogP contribution in [0.25, 0.3) is 11.0 Å². The fourth-order valence-corrected chi connectivity index (χ4v) is 2.34. The van der Waals surface area contributed by atoms with Crippen molar-refractivity contribution in [1.82, 2.24) is 5.32 Å². The Kier molecular flexibility index (Phi) is 3.78. The summed E-state index contributed by atoms with van der Waals surface area (Å²) < 4.78 is 10.2. The molecular formula is C17H15NO4. The van der Waals surface area contributed by atoms with Gasteiger partial charge in [0, 0.05) is 11.4 Å². The lowest BCUT2D eigenvalue weighted by atomic mass is 10.1. The summed E-state index contributed by atoms with van der Waals surface area (Å²) in [5.74, 6) is -0.435. The molecule has 3 rings (SSSR count). The summed E-state index contributed by atoms with van der Waals surface area (Å²) in [4.78, 5) is 24.2. The van der Waals surface area contributed by atoms with Crippen molar-refractivity contribution in [2.24, 2.45) is 0 Å². The van der Waals surface area contributed by atoms with Gasteiger partial charge in [-0.3, -0.25) is 4.79 Å². The molecule has 1 aromatic carbocycles. The van der Waals surface area contributed by atoms with Crippen LogP contribution in [0.3, 0.4) is 0 Å². The van der Waals surface area contributed by atoms with Gasteiger partial charge in [0.15, 0.2) is 0 Å². The van der Waals surface area contributed by atoms with Crippen molar-refractivity contribution in [3.63, 3.8) is 0 Å². The molecule has 22 heavy (non-hydrogen) atoms. The van der Waals surface area contributed by atoms with E-state index in [4.69, 9.17) is 8.83 Å². The molecule has 0 fully saturated rings. The number of amides is 1. The quantitative estimate of drug-likeness (QED) is 0.752. The minimum Gasteiger partial charge on any atom is -0.472 e. The van der Waals surface area contributed by atoms with Gasteiger partial charge in [0.2, 0.25) is 0 Å². The molecule has 0 radical (unpaired) electrons. The Morgan fingerprint density at radius 1 is 1.27 bits per heavy atom. The summed E-state index contributed by atoms with van der Waals surface area (Å²) in [7, 11) is 0. The first-order valence-corrected chi connectivity index (χ1v) is 6.98. The number of carbonyl (C=O) groups is 1. The van der Waals surface area contributed by atoms with Gasteiger partial charge in [0.1, 0.15) is 11.1 Å². The van der Waals surface area contributed by atoms with Crippen LogP contribution in [-0.2, 0) is 6.42 Å². The summed E-state index contributed by atoms with van der Waals surface area (Å²) in [6.45, 7) is 1.87. The average Bonchev–Trinajstić information content (AvgIpc) is 2.99. The van der Waals surface area contributed by atoms with Gasteiger partial charge in [0.05, 0.1) is 12.5 Å². The molecule has 1 N–H and O–H groups in total. The van der Waals surface area contributed by atoms with Crippen molar-refractivity contribution < 1.29 is 13.6 Å². The van der Waals surface area contributed by atoms with E-state index in [0.29, 0.717) is 12.0 Å². The van der Waals surface area contributed by atoms with E-state index in [-0.39, 0.29) is 11.6 Å². The van der Waals surface area contributed by atoms with Crippen LogP contribution >= 0.6 is 0 Å². The van der Waals surface area contributed by atoms with Gasteiger partial charge in [-0.1, -0.05) is 18.2 Å². The average molecular weight is 297 g/mol. The molecule has 5 nitrogen and oxygen atoms in total. The number of hydrogen-bond acceptors (Lipinski definition) is 4. The molecule has 5 heteroatoms. The second kappa shape index (κ2) is 5.89. The van der Waals surface area contributed by atoms with E-state index >= 15 is 0 Å². The van der Waals surface area contributed by atoms with Crippen molar-refractivity contribution in [3.05, 3.63) is 70.5 Å². The minimum absolute atomic E-state index is 0.0118. The Morgan fingerprint density at radius 2 is 2.09 bits per heavy atom. The van der Waals surface area contributed by atoms with E-state index in [1.807, 2.05) is 19.1 Å². The predicted molar refractivity (Wildman–Crippen MR) is 81.8 cm³/mol. The van der Waals surface area contributed by atoms with Crippen molar-refractivity contribution in [2.45, 2.75) is 19.4 Å². The van der Waals surface area contributed by atoms with Crippen molar-refractivity contribution in [2.75, 3.05) is 0 Å². The Morgan fingerprint density at radius 3 is 2.86 bits per heavy atom. The molecule has 112 valence electrons. The first-order chi connectivity index (χ1) is 10.6. The van der Waals surface area contributed by atoms with Gasteiger partial charge in [-0.15, -0.1) is 0 Å². The second-order valence-corrected chi connectivity index (χ2v) is 5.20. The van der Waals surface area contributed by atoms with E-state index in [1.165, 1.54) is 0 Å². The van der Waals surface area contributed by atoms with Crippen LogP contribution in [0.2, 0.25) is 0 Å². The van der Waals surface area contributed by atoms with Crippen LogP contribution in [0.15, 0.2) is 62.6 Å². The van der Waals surface area contributed by atoms with Crippen LogP contribution in [0.4, 0.5) is 0 Å². The maximum atomic E-state index is 12.3. The molecule has 0 saturated heterocycles. The molecule has 0 bridgehead atoms. The summed E-state index contributed by atoms with van der Waals surface area (Å²) in [6.07, 6.45) is 3.84. The third kappa shape index (κ3) is 2.93.